The summed E-state index contributed by atoms with van der Waals surface area (Å²) in [6.07, 6.45) is 2.54. The summed E-state index contributed by atoms with van der Waals surface area (Å²) in [7, 11) is -2.50. The van der Waals surface area contributed by atoms with E-state index in [4.69, 9.17) is 0 Å². The molecule has 0 spiro atoms. The van der Waals surface area contributed by atoms with Crippen LogP contribution in [0.3, 0.4) is 0 Å². The molecule has 9 heteroatoms. The van der Waals surface area contributed by atoms with E-state index >= 15 is 0 Å². The van der Waals surface area contributed by atoms with Gasteiger partial charge in [-0.05, 0) is 71.6 Å². The standard InChI is InChI=1S/C21H25BrN2O5S/c1-15-10-11-18(22)19(13-15)24-30(27,28)17-8-6-7-16(14-17)21(26)23-12-5-3-4-9-20(25)29-2/h6-8,10-11,13-14,24H,3-5,9,12H2,1-2H3,(H,23,26). The Morgan fingerprint density at radius 2 is 1.83 bits per heavy atom. The molecule has 0 saturated carbocycles. The number of methoxy groups -OCH3 is 1. The molecule has 1 amide bonds. The summed E-state index contributed by atoms with van der Waals surface area (Å²) in [5, 5.41) is 2.77. The van der Waals surface area contributed by atoms with Crippen LogP contribution in [0.15, 0.2) is 51.8 Å². The molecule has 0 saturated heterocycles. The van der Waals surface area contributed by atoms with Crippen molar-refractivity contribution in [3.63, 3.8) is 0 Å². The van der Waals surface area contributed by atoms with Crippen LogP contribution in [-0.4, -0.2) is 33.9 Å². The highest BCUT2D eigenvalue weighted by Gasteiger charge is 2.18. The third kappa shape index (κ3) is 7.14. The predicted molar refractivity (Wildman–Crippen MR) is 119 cm³/mol. The average molecular weight is 497 g/mol. The number of nitrogens with one attached hydrogen (secondary N) is 2. The SMILES string of the molecule is COC(=O)CCCCCNC(=O)c1cccc(S(=O)(=O)Nc2cc(C)ccc2Br)c1. The summed E-state index contributed by atoms with van der Waals surface area (Å²) in [5.74, 6) is -0.597. The van der Waals surface area contributed by atoms with Gasteiger partial charge < -0.3 is 10.1 Å². The van der Waals surface area contributed by atoms with Crippen LogP contribution in [0.4, 0.5) is 5.69 Å². The van der Waals surface area contributed by atoms with Crippen LogP contribution < -0.4 is 10.0 Å². The molecule has 0 heterocycles. The topological polar surface area (TPSA) is 102 Å². The van der Waals surface area contributed by atoms with Crippen molar-refractivity contribution in [1.29, 1.82) is 0 Å². The first-order valence-electron chi connectivity index (χ1n) is 9.47. The molecule has 0 aliphatic rings. The maximum Gasteiger partial charge on any atom is 0.305 e. The van der Waals surface area contributed by atoms with Crippen molar-refractivity contribution in [2.24, 2.45) is 0 Å². The minimum Gasteiger partial charge on any atom is -0.469 e. The van der Waals surface area contributed by atoms with Crippen molar-refractivity contribution < 1.29 is 22.7 Å². The van der Waals surface area contributed by atoms with Crippen molar-refractivity contribution in [2.75, 3.05) is 18.4 Å². The molecule has 7 nitrogen and oxygen atoms in total. The van der Waals surface area contributed by atoms with E-state index in [2.05, 4.69) is 30.7 Å². The number of benzene rings is 2. The number of rotatable bonds is 10. The molecule has 0 bridgehead atoms. The molecule has 162 valence electrons. The Balaban J connectivity index is 1.96. The van der Waals surface area contributed by atoms with Crippen LogP contribution in [0.25, 0.3) is 0 Å². The second kappa shape index (κ2) is 11.1. The van der Waals surface area contributed by atoms with E-state index in [0.29, 0.717) is 36.0 Å². The van der Waals surface area contributed by atoms with Crippen molar-refractivity contribution in [3.8, 4) is 0 Å². The van der Waals surface area contributed by atoms with Crippen LogP contribution >= 0.6 is 15.9 Å². The molecule has 0 unspecified atom stereocenters. The number of hydrogen-bond donors (Lipinski definition) is 2. The Hall–Kier alpha value is -2.39. The molecule has 0 radical (unpaired) electrons. The number of hydrogen-bond acceptors (Lipinski definition) is 5. The zero-order chi connectivity index (χ0) is 22.1. The number of sulfonamides is 1. The summed E-state index contributed by atoms with van der Waals surface area (Å²) in [6, 6.07) is 11.2. The van der Waals surface area contributed by atoms with E-state index in [0.717, 1.165) is 12.0 Å². The first-order valence-corrected chi connectivity index (χ1v) is 11.7. The monoisotopic (exact) mass is 496 g/mol. The average Bonchev–Trinajstić information content (AvgIpc) is 2.72. The first kappa shape index (κ1) is 23.9. The van der Waals surface area contributed by atoms with E-state index in [1.165, 1.54) is 25.3 Å². The maximum atomic E-state index is 12.8. The number of unbranched alkanes of at least 4 members (excludes halogenated alkanes) is 2. The molecular formula is C21H25BrN2O5S. The normalized spacial score (nSPS) is 11.0. The Kier molecular flexibility index (Phi) is 8.86. The first-order chi connectivity index (χ1) is 14.2. The lowest BCUT2D eigenvalue weighted by Crippen LogP contribution is -2.25. The zero-order valence-electron chi connectivity index (χ0n) is 16.9. The molecule has 0 aliphatic heterocycles. The Morgan fingerprint density at radius 1 is 1.07 bits per heavy atom. The van der Waals surface area contributed by atoms with E-state index in [1.807, 2.05) is 13.0 Å². The van der Waals surface area contributed by atoms with Gasteiger partial charge in [0.1, 0.15) is 0 Å². The van der Waals surface area contributed by atoms with E-state index in [1.54, 1.807) is 18.2 Å². The number of amides is 1. The van der Waals surface area contributed by atoms with Crippen LogP contribution in [-0.2, 0) is 19.6 Å². The second-order valence-electron chi connectivity index (χ2n) is 6.76. The number of carbonyl (C=O) groups excluding carboxylic acids is 2. The smallest absolute Gasteiger partial charge is 0.305 e. The molecule has 0 atom stereocenters. The Bertz CT molecular complexity index is 1010. The summed E-state index contributed by atoms with van der Waals surface area (Å²) in [4.78, 5) is 23.4. The van der Waals surface area contributed by atoms with Gasteiger partial charge in [0.05, 0.1) is 17.7 Å². The van der Waals surface area contributed by atoms with Crippen LogP contribution in [0.1, 0.15) is 41.6 Å². The second-order valence-corrected chi connectivity index (χ2v) is 9.30. The summed E-state index contributed by atoms with van der Waals surface area (Å²) >= 11 is 3.33. The van der Waals surface area contributed by atoms with Gasteiger partial charge in [-0.1, -0.05) is 18.6 Å². The fraction of sp³-hybridized carbons (Fsp3) is 0.333. The van der Waals surface area contributed by atoms with Gasteiger partial charge in [-0.25, -0.2) is 8.42 Å². The molecule has 0 fully saturated rings. The summed E-state index contributed by atoms with van der Waals surface area (Å²) < 4.78 is 33.2. The van der Waals surface area contributed by atoms with Crippen molar-refractivity contribution in [2.45, 2.75) is 37.5 Å². The number of aryl methyl sites for hydroxylation is 1. The lowest BCUT2D eigenvalue weighted by atomic mass is 10.2. The molecule has 0 aliphatic carbocycles. The molecular weight excluding hydrogens is 472 g/mol. The van der Waals surface area contributed by atoms with Gasteiger partial charge in [0.25, 0.3) is 15.9 Å². The van der Waals surface area contributed by atoms with E-state index in [9.17, 15) is 18.0 Å². The number of ether oxygens (including phenoxy) is 1. The number of esters is 1. The van der Waals surface area contributed by atoms with Crippen molar-refractivity contribution in [1.82, 2.24) is 5.32 Å². The lowest BCUT2D eigenvalue weighted by Gasteiger charge is -2.12. The molecule has 2 aromatic rings. The number of anilines is 1. The fourth-order valence-corrected chi connectivity index (χ4v) is 4.30. The largest absolute Gasteiger partial charge is 0.469 e. The number of carbonyl (C=O) groups is 2. The number of halogens is 1. The molecule has 2 rings (SSSR count). The van der Waals surface area contributed by atoms with Gasteiger partial charge in [0.2, 0.25) is 0 Å². The quantitative estimate of drug-likeness (QED) is 0.382. The predicted octanol–water partition coefficient (Wildman–Crippen LogP) is 4.02. The van der Waals surface area contributed by atoms with Crippen LogP contribution in [0.2, 0.25) is 0 Å². The van der Waals surface area contributed by atoms with E-state index < -0.39 is 10.0 Å². The highest BCUT2D eigenvalue weighted by atomic mass is 79.9. The Morgan fingerprint density at radius 3 is 2.57 bits per heavy atom. The van der Waals surface area contributed by atoms with Gasteiger partial charge in [-0.15, -0.1) is 0 Å². The van der Waals surface area contributed by atoms with E-state index in [-0.39, 0.29) is 22.3 Å². The summed E-state index contributed by atoms with van der Waals surface area (Å²) in [5.41, 5.74) is 1.60. The molecule has 2 aromatic carbocycles. The van der Waals surface area contributed by atoms with Crippen molar-refractivity contribution >= 4 is 43.5 Å². The van der Waals surface area contributed by atoms with Crippen molar-refractivity contribution in [3.05, 3.63) is 58.1 Å². The van der Waals surface area contributed by atoms with Crippen LogP contribution in [0, 0.1) is 6.92 Å². The Labute approximate surface area is 185 Å². The van der Waals surface area contributed by atoms with Gasteiger partial charge in [-0.3, -0.25) is 14.3 Å². The van der Waals surface area contributed by atoms with Gasteiger partial charge >= 0.3 is 5.97 Å². The lowest BCUT2D eigenvalue weighted by molar-refractivity contribution is -0.140. The van der Waals surface area contributed by atoms with Gasteiger partial charge in [0, 0.05) is 23.0 Å². The minimum absolute atomic E-state index is 0.00151. The zero-order valence-corrected chi connectivity index (χ0v) is 19.3. The van der Waals surface area contributed by atoms with Crippen LogP contribution in [0.5, 0.6) is 0 Å². The molecule has 2 N–H and O–H groups in total. The fourth-order valence-electron chi connectivity index (χ4n) is 2.70. The highest BCUT2D eigenvalue weighted by Crippen LogP contribution is 2.26. The van der Waals surface area contributed by atoms with Gasteiger partial charge in [-0.2, -0.15) is 0 Å². The third-order valence-corrected chi connectivity index (χ3v) is 6.40. The molecule has 30 heavy (non-hydrogen) atoms. The highest BCUT2D eigenvalue weighted by molar-refractivity contribution is 9.10. The third-order valence-electron chi connectivity index (χ3n) is 4.34. The minimum atomic E-state index is -3.86. The molecule has 0 aromatic heterocycles. The summed E-state index contributed by atoms with van der Waals surface area (Å²) in [6.45, 7) is 2.30. The van der Waals surface area contributed by atoms with Gasteiger partial charge in [0.15, 0.2) is 0 Å². The maximum absolute atomic E-state index is 12.8.